The first-order valence-corrected chi connectivity index (χ1v) is 9.02. The predicted octanol–water partition coefficient (Wildman–Crippen LogP) is 3.18. The Morgan fingerprint density at radius 2 is 1.96 bits per heavy atom. The molecule has 3 rings (SSSR count). The molecule has 0 unspecified atom stereocenters. The number of hydrogen-bond donors (Lipinski definition) is 2. The summed E-state index contributed by atoms with van der Waals surface area (Å²) in [4.78, 5) is 14.2. The second-order valence-corrected chi connectivity index (χ2v) is 7.27. The normalized spacial score (nSPS) is 23.4. The smallest absolute Gasteiger partial charge is 0.238 e. The molecule has 1 amide bonds. The first-order valence-electron chi connectivity index (χ1n) is 8.64. The van der Waals surface area contributed by atoms with Crippen LogP contribution in [-0.4, -0.2) is 47.3 Å². The van der Waals surface area contributed by atoms with Gasteiger partial charge in [0.1, 0.15) is 17.5 Å². The van der Waals surface area contributed by atoms with Crippen LogP contribution in [0.25, 0.3) is 0 Å². The molecule has 1 saturated heterocycles. The third-order valence-electron chi connectivity index (χ3n) is 4.46. The van der Waals surface area contributed by atoms with Gasteiger partial charge in [0.2, 0.25) is 5.91 Å². The van der Waals surface area contributed by atoms with Crippen LogP contribution in [0, 0.1) is 0 Å². The van der Waals surface area contributed by atoms with Crippen LogP contribution >= 0.6 is 11.6 Å². The largest absolute Gasteiger partial charge is 0.487 e. The van der Waals surface area contributed by atoms with Crippen molar-refractivity contribution in [3.05, 3.63) is 59.6 Å². The molecule has 138 valence electrons. The fraction of sp³-hybridized carbons (Fsp3) is 0.350. The third kappa shape index (κ3) is 4.97. The molecule has 1 aliphatic heterocycles. The van der Waals surface area contributed by atoms with E-state index < -0.39 is 5.60 Å². The number of para-hydroxylation sites is 1. The van der Waals surface area contributed by atoms with Gasteiger partial charge in [-0.25, -0.2) is 0 Å². The highest BCUT2D eigenvalue weighted by Gasteiger charge is 2.40. The molecule has 0 saturated carbocycles. The summed E-state index contributed by atoms with van der Waals surface area (Å²) in [5, 5.41) is 14.3. The summed E-state index contributed by atoms with van der Waals surface area (Å²) in [6, 6.07) is 16.5. The maximum absolute atomic E-state index is 12.3. The molecule has 5 nitrogen and oxygen atoms in total. The van der Waals surface area contributed by atoms with Crippen LogP contribution in [0.5, 0.6) is 5.75 Å². The van der Waals surface area contributed by atoms with Crippen LogP contribution < -0.4 is 10.1 Å². The highest BCUT2D eigenvalue weighted by atomic mass is 35.5. The van der Waals surface area contributed by atoms with Crippen molar-refractivity contribution in [3.8, 4) is 5.75 Å². The lowest BCUT2D eigenvalue weighted by Crippen LogP contribution is -2.58. The number of carbonyl (C=O) groups is 1. The molecule has 26 heavy (non-hydrogen) atoms. The average molecular weight is 375 g/mol. The van der Waals surface area contributed by atoms with Crippen molar-refractivity contribution < 1.29 is 14.6 Å². The minimum absolute atomic E-state index is 0.120. The average Bonchev–Trinajstić information content (AvgIpc) is 2.60. The lowest BCUT2D eigenvalue weighted by atomic mass is 9.91. The Kier molecular flexibility index (Phi) is 5.81. The molecule has 6 heteroatoms. The number of nitrogens with one attached hydrogen (secondary N) is 1. The fourth-order valence-electron chi connectivity index (χ4n) is 3.17. The van der Waals surface area contributed by atoms with Crippen molar-refractivity contribution >= 4 is 23.2 Å². The number of piperidine rings is 1. The van der Waals surface area contributed by atoms with Crippen LogP contribution in [0.15, 0.2) is 54.6 Å². The van der Waals surface area contributed by atoms with Gasteiger partial charge in [0.05, 0.1) is 6.54 Å². The quantitative estimate of drug-likeness (QED) is 0.843. The minimum atomic E-state index is -1.03. The van der Waals surface area contributed by atoms with Gasteiger partial charge in [-0.15, -0.1) is 0 Å². The van der Waals surface area contributed by atoms with Gasteiger partial charge in [0.15, 0.2) is 0 Å². The Bertz CT molecular complexity index is 734. The van der Waals surface area contributed by atoms with Crippen molar-refractivity contribution in [1.82, 2.24) is 4.90 Å². The Labute approximate surface area is 158 Å². The van der Waals surface area contributed by atoms with Crippen molar-refractivity contribution in [3.63, 3.8) is 0 Å². The van der Waals surface area contributed by atoms with Gasteiger partial charge in [0.25, 0.3) is 0 Å². The molecule has 1 aliphatic rings. The van der Waals surface area contributed by atoms with Crippen LogP contribution in [0.3, 0.4) is 0 Å². The van der Waals surface area contributed by atoms with Gasteiger partial charge < -0.3 is 15.2 Å². The molecule has 0 radical (unpaired) electrons. The van der Waals surface area contributed by atoms with E-state index in [2.05, 4.69) is 5.32 Å². The number of benzene rings is 2. The number of rotatable bonds is 5. The first-order chi connectivity index (χ1) is 12.4. The van der Waals surface area contributed by atoms with Gasteiger partial charge >= 0.3 is 0 Å². The molecular weight excluding hydrogens is 352 g/mol. The summed E-state index contributed by atoms with van der Waals surface area (Å²) in [6.45, 7) is 3.03. The van der Waals surface area contributed by atoms with Crippen LogP contribution in [0.1, 0.15) is 13.3 Å². The topological polar surface area (TPSA) is 61.8 Å². The van der Waals surface area contributed by atoms with E-state index in [1.54, 1.807) is 31.2 Å². The van der Waals surface area contributed by atoms with Gasteiger partial charge in [-0.05, 0) is 49.7 Å². The monoisotopic (exact) mass is 374 g/mol. The second-order valence-electron chi connectivity index (χ2n) is 6.83. The Morgan fingerprint density at radius 1 is 1.27 bits per heavy atom. The van der Waals surface area contributed by atoms with E-state index in [1.165, 1.54) is 0 Å². The number of carbonyl (C=O) groups excluding carboxylic acids is 1. The molecule has 1 heterocycles. The Balaban J connectivity index is 1.53. The third-order valence-corrected chi connectivity index (χ3v) is 4.71. The van der Waals surface area contributed by atoms with E-state index >= 15 is 0 Å². The van der Waals surface area contributed by atoms with E-state index in [4.69, 9.17) is 16.3 Å². The van der Waals surface area contributed by atoms with Crippen LogP contribution in [0.4, 0.5) is 5.69 Å². The summed E-state index contributed by atoms with van der Waals surface area (Å²) in [6.07, 6.45) is 0.344. The maximum atomic E-state index is 12.3. The van der Waals surface area contributed by atoms with Crippen molar-refractivity contribution in [1.29, 1.82) is 0 Å². The van der Waals surface area contributed by atoms with E-state index in [1.807, 2.05) is 35.2 Å². The molecule has 2 aromatic carbocycles. The highest BCUT2D eigenvalue weighted by Crippen LogP contribution is 2.26. The summed E-state index contributed by atoms with van der Waals surface area (Å²) in [5.41, 5.74) is -0.331. The number of aliphatic hydroxyl groups is 1. The summed E-state index contributed by atoms with van der Waals surface area (Å²) in [7, 11) is 0. The predicted molar refractivity (Wildman–Crippen MR) is 103 cm³/mol. The fourth-order valence-corrected chi connectivity index (χ4v) is 3.29. The summed E-state index contributed by atoms with van der Waals surface area (Å²) in [5.74, 6) is 0.622. The minimum Gasteiger partial charge on any atom is -0.487 e. The summed E-state index contributed by atoms with van der Waals surface area (Å²) < 4.78 is 5.94. The molecule has 0 bridgehead atoms. The van der Waals surface area contributed by atoms with E-state index in [9.17, 15) is 9.90 Å². The lowest BCUT2D eigenvalue weighted by molar-refractivity contribution is -0.123. The zero-order valence-corrected chi connectivity index (χ0v) is 15.4. The maximum Gasteiger partial charge on any atom is 0.238 e. The number of β-amino-alcohol motifs (C(OH)–C–C–N with tert-alkyl or cyclic N) is 1. The Hall–Kier alpha value is -2.08. The standard InChI is InChI=1S/C20H23ClN2O3/c1-20(25)14-23(12-11-18(20)26-17-5-3-2-4-6-17)13-19(24)22-16-9-7-15(21)8-10-16/h2-10,18,25H,11-14H2,1H3,(H,22,24)/t18-,20-/m0/s1. The molecule has 2 aromatic rings. The molecule has 2 N–H and O–H groups in total. The second kappa shape index (κ2) is 8.08. The molecular formula is C20H23ClN2O3. The van der Waals surface area contributed by atoms with Crippen LogP contribution in [0.2, 0.25) is 5.02 Å². The number of hydrogen-bond acceptors (Lipinski definition) is 4. The van der Waals surface area contributed by atoms with Crippen LogP contribution in [-0.2, 0) is 4.79 Å². The van der Waals surface area contributed by atoms with E-state index in [0.29, 0.717) is 30.2 Å². The SMILES string of the molecule is C[C@]1(O)CN(CC(=O)Nc2ccc(Cl)cc2)CC[C@@H]1Oc1ccccc1. The zero-order chi connectivity index (χ0) is 18.6. The lowest BCUT2D eigenvalue weighted by Gasteiger charge is -2.42. The molecule has 0 spiro atoms. The number of anilines is 1. The number of nitrogens with zero attached hydrogens (tertiary/aromatic N) is 1. The van der Waals surface area contributed by atoms with Gasteiger partial charge in [0, 0.05) is 23.8 Å². The van der Waals surface area contributed by atoms with E-state index in [-0.39, 0.29) is 18.6 Å². The number of amides is 1. The van der Waals surface area contributed by atoms with Gasteiger partial charge in [-0.3, -0.25) is 9.69 Å². The van der Waals surface area contributed by atoms with Gasteiger partial charge in [-0.2, -0.15) is 0 Å². The van der Waals surface area contributed by atoms with Crippen molar-refractivity contribution in [2.45, 2.75) is 25.0 Å². The number of ether oxygens (including phenoxy) is 1. The summed E-state index contributed by atoms with van der Waals surface area (Å²) >= 11 is 5.85. The zero-order valence-electron chi connectivity index (χ0n) is 14.7. The van der Waals surface area contributed by atoms with E-state index in [0.717, 1.165) is 5.75 Å². The number of halogens is 1. The van der Waals surface area contributed by atoms with Crippen molar-refractivity contribution in [2.75, 3.05) is 25.0 Å². The molecule has 1 fully saturated rings. The van der Waals surface area contributed by atoms with Crippen molar-refractivity contribution in [2.24, 2.45) is 0 Å². The molecule has 0 aromatic heterocycles. The Morgan fingerprint density at radius 3 is 2.62 bits per heavy atom. The van der Waals surface area contributed by atoms with Gasteiger partial charge in [-0.1, -0.05) is 29.8 Å². The first kappa shape index (κ1) is 18.7. The molecule has 0 aliphatic carbocycles. The highest BCUT2D eigenvalue weighted by molar-refractivity contribution is 6.30. The molecule has 2 atom stereocenters. The number of likely N-dealkylation sites (tertiary alicyclic amines) is 1.